The number of hydrogen-bond acceptors (Lipinski definition) is 2. The first-order valence-corrected chi connectivity index (χ1v) is 9.08. The molecule has 0 saturated carbocycles. The Bertz CT molecular complexity index is 632. The van der Waals surface area contributed by atoms with Gasteiger partial charge in [0.2, 0.25) is 0 Å². The molecule has 2 rings (SSSR count). The van der Waals surface area contributed by atoms with Gasteiger partial charge in [0.1, 0.15) is 6.54 Å². The first-order valence-electron chi connectivity index (χ1n) is 7.09. The Morgan fingerprint density at radius 1 is 1.36 bits per heavy atom. The Balaban J connectivity index is 1.69. The second-order valence-corrected chi connectivity index (χ2v) is 8.23. The molecule has 0 saturated heterocycles. The molecule has 22 heavy (non-hydrogen) atoms. The van der Waals surface area contributed by atoms with E-state index in [1.807, 2.05) is 37.4 Å². The highest BCUT2D eigenvalue weighted by Crippen LogP contribution is 2.21. The summed E-state index contributed by atoms with van der Waals surface area (Å²) in [6, 6.07) is 11.9. The van der Waals surface area contributed by atoms with Crippen LogP contribution in [0.25, 0.3) is 0 Å². The Kier molecular flexibility index (Phi) is 6.89. The number of carbonyl (C=O) groups is 1. The van der Waals surface area contributed by atoms with E-state index < -0.39 is 0 Å². The summed E-state index contributed by atoms with van der Waals surface area (Å²) in [6.07, 6.45) is 0.795. The van der Waals surface area contributed by atoms with E-state index in [9.17, 15) is 4.79 Å². The van der Waals surface area contributed by atoms with Crippen molar-refractivity contribution >= 4 is 44.8 Å². The first-order chi connectivity index (χ1) is 10.5. The minimum Gasteiger partial charge on any atom is -0.351 e. The predicted molar refractivity (Wildman–Crippen MR) is 95.6 cm³/mol. The van der Waals surface area contributed by atoms with Crippen molar-refractivity contribution in [2.45, 2.75) is 13.0 Å². The second-order valence-electron chi connectivity index (χ2n) is 5.25. The molecular weight excluding hydrogens is 384 g/mol. The lowest BCUT2D eigenvalue weighted by atomic mass is 10.1. The van der Waals surface area contributed by atoms with Gasteiger partial charge in [0.15, 0.2) is 6.54 Å². The standard InChI is InChI=1S/C16H18BrClN2OS/c1-20(10-14-5-6-15(17)22-14)11-16(21)19-8-7-12-3-2-4-13(18)9-12/h2-6,9H,7-8,10-11H2,1H3,(H,19,21)/p+1. The Morgan fingerprint density at radius 3 is 2.86 bits per heavy atom. The number of benzene rings is 1. The van der Waals surface area contributed by atoms with Gasteiger partial charge in [-0.05, 0) is 52.2 Å². The molecule has 0 fully saturated rings. The molecule has 1 heterocycles. The number of amides is 1. The molecule has 0 radical (unpaired) electrons. The molecule has 2 aromatic rings. The van der Waals surface area contributed by atoms with Gasteiger partial charge in [0.25, 0.3) is 5.91 Å². The molecule has 1 amide bonds. The molecule has 1 atom stereocenters. The SMILES string of the molecule is C[NH+](CC(=O)NCCc1cccc(Cl)c1)Cc1ccc(Br)s1. The zero-order chi connectivity index (χ0) is 15.9. The number of likely N-dealkylation sites (N-methyl/N-ethyl adjacent to an activating group) is 1. The van der Waals surface area contributed by atoms with Crippen molar-refractivity contribution in [3.05, 3.63) is 55.6 Å². The van der Waals surface area contributed by atoms with E-state index >= 15 is 0 Å². The van der Waals surface area contributed by atoms with Crippen LogP contribution >= 0.6 is 38.9 Å². The van der Waals surface area contributed by atoms with Gasteiger partial charge in [-0.2, -0.15) is 0 Å². The minimum atomic E-state index is 0.0788. The molecule has 1 unspecified atom stereocenters. The fraction of sp³-hybridized carbons (Fsp3) is 0.312. The molecule has 1 aromatic heterocycles. The third-order valence-corrected chi connectivity index (χ3v) is 5.05. The predicted octanol–water partition coefficient (Wildman–Crippen LogP) is 2.54. The summed E-state index contributed by atoms with van der Waals surface area (Å²) in [5, 5.41) is 3.70. The molecule has 6 heteroatoms. The van der Waals surface area contributed by atoms with E-state index in [1.165, 1.54) is 9.78 Å². The molecule has 0 bridgehead atoms. The first kappa shape index (κ1) is 17.5. The van der Waals surface area contributed by atoms with Crippen LogP contribution in [0.1, 0.15) is 10.4 Å². The number of rotatable bonds is 7. The summed E-state index contributed by atoms with van der Waals surface area (Å²) in [6.45, 7) is 1.97. The average Bonchev–Trinajstić information content (AvgIpc) is 2.83. The minimum absolute atomic E-state index is 0.0788. The van der Waals surface area contributed by atoms with Crippen molar-refractivity contribution in [1.82, 2.24) is 5.32 Å². The van der Waals surface area contributed by atoms with Crippen LogP contribution in [0.15, 0.2) is 40.2 Å². The monoisotopic (exact) mass is 401 g/mol. The van der Waals surface area contributed by atoms with E-state index in [-0.39, 0.29) is 5.91 Å². The number of thiophene rings is 1. The topological polar surface area (TPSA) is 33.5 Å². The number of hydrogen-bond donors (Lipinski definition) is 2. The van der Waals surface area contributed by atoms with Gasteiger partial charge in [-0.25, -0.2) is 0 Å². The maximum absolute atomic E-state index is 11.9. The fourth-order valence-corrected chi connectivity index (χ4v) is 3.99. The van der Waals surface area contributed by atoms with Gasteiger partial charge in [0, 0.05) is 11.6 Å². The van der Waals surface area contributed by atoms with Crippen molar-refractivity contribution in [3.63, 3.8) is 0 Å². The summed E-state index contributed by atoms with van der Waals surface area (Å²) in [5.74, 6) is 0.0788. The number of carbonyl (C=O) groups excluding carboxylic acids is 1. The van der Waals surface area contributed by atoms with Crippen LogP contribution in [0, 0.1) is 0 Å². The van der Waals surface area contributed by atoms with Gasteiger partial charge in [-0.1, -0.05) is 23.7 Å². The molecular formula is C16H19BrClN2OS+. The smallest absolute Gasteiger partial charge is 0.275 e. The van der Waals surface area contributed by atoms with Gasteiger partial charge in [-0.3, -0.25) is 4.79 Å². The van der Waals surface area contributed by atoms with Crippen LogP contribution in [-0.2, 0) is 17.8 Å². The van der Waals surface area contributed by atoms with Crippen molar-refractivity contribution in [2.24, 2.45) is 0 Å². The highest BCUT2D eigenvalue weighted by molar-refractivity contribution is 9.11. The van der Waals surface area contributed by atoms with E-state index in [0.717, 1.165) is 27.3 Å². The van der Waals surface area contributed by atoms with Gasteiger partial charge in [0.05, 0.1) is 15.7 Å². The Hall–Kier alpha value is -0.880. The maximum atomic E-state index is 11.9. The molecule has 118 valence electrons. The molecule has 0 spiro atoms. The fourth-order valence-electron chi connectivity index (χ4n) is 2.18. The summed E-state index contributed by atoms with van der Waals surface area (Å²) in [4.78, 5) is 14.4. The lowest BCUT2D eigenvalue weighted by molar-refractivity contribution is -0.885. The zero-order valence-electron chi connectivity index (χ0n) is 12.4. The largest absolute Gasteiger partial charge is 0.351 e. The molecule has 0 aliphatic heterocycles. The zero-order valence-corrected chi connectivity index (χ0v) is 15.5. The van der Waals surface area contributed by atoms with Crippen molar-refractivity contribution < 1.29 is 9.69 Å². The van der Waals surface area contributed by atoms with Crippen LogP contribution in [0.3, 0.4) is 0 Å². The normalized spacial score (nSPS) is 12.1. The van der Waals surface area contributed by atoms with Crippen LogP contribution < -0.4 is 10.2 Å². The van der Waals surface area contributed by atoms with Crippen molar-refractivity contribution in [1.29, 1.82) is 0 Å². The van der Waals surface area contributed by atoms with Crippen LogP contribution in [0.4, 0.5) is 0 Å². The Morgan fingerprint density at radius 2 is 2.18 bits per heavy atom. The van der Waals surface area contributed by atoms with E-state index in [2.05, 4.69) is 27.3 Å². The third-order valence-electron chi connectivity index (χ3n) is 3.19. The van der Waals surface area contributed by atoms with Crippen LogP contribution in [0.5, 0.6) is 0 Å². The highest BCUT2D eigenvalue weighted by atomic mass is 79.9. The number of quaternary nitrogens is 1. The number of halogens is 2. The summed E-state index contributed by atoms with van der Waals surface area (Å²) in [7, 11) is 2.03. The lowest BCUT2D eigenvalue weighted by Crippen LogP contribution is -3.08. The maximum Gasteiger partial charge on any atom is 0.275 e. The summed E-state index contributed by atoms with van der Waals surface area (Å²) >= 11 is 11.1. The number of nitrogens with one attached hydrogen (secondary N) is 2. The summed E-state index contributed by atoms with van der Waals surface area (Å²) < 4.78 is 1.13. The van der Waals surface area contributed by atoms with Gasteiger partial charge >= 0.3 is 0 Å². The molecule has 3 nitrogen and oxygen atoms in total. The lowest BCUT2D eigenvalue weighted by Gasteiger charge is -2.13. The van der Waals surface area contributed by atoms with E-state index in [0.29, 0.717) is 13.1 Å². The molecule has 1 aromatic carbocycles. The third kappa shape index (κ3) is 6.08. The van der Waals surface area contributed by atoms with Crippen LogP contribution in [0.2, 0.25) is 5.02 Å². The van der Waals surface area contributed by atoms with Crippen LogP contribution in [-0.4, -0.2) is 26.0 Å². The van der Waals surface area contributed by atoms with Crippen molar-refractivity contribution in [2.75, 3.05) is 20.1 Å². The van der Waals surface area contributed by atoms with E-state index in [1.54, 1.807) is 11.3 Å². The molecule has 0 aliphatic rings. The van der Waals surface area contributed by atoms with Gasteiger partial charge in [-0.15, -0.1) is 11.3 Å². The Labute approximate surface area is 148 Å². The van der Waals surface area contributed by atoms with Gasteiger partial charge < -0.3 is 10.2 Å². The average molecular weight is 403 g/mol. The molecule has 0 aliphatic carbocycles. The highest BCUT2D eigenvalue weighted by Gasteiger charge is 2.11. The second kappa shape index (κ2) is 8.67. The summed E-state index contributed by atoms with van der Waals surface area (Å²) in [5.41, 5.74) is 1.14. The quantitative estimate of drug-likeness (QED) is 0.733. The van der Waals surface area contributed by atoms with E-state index in [4.69, 9.17) is 11.6 Å². The van der Waals surface area contributed by atoms with Crippen molar-refractivity contribution in [3.8, 4) is 0 Å². The molecule has 2 N–H and O–H groups in total.